The summed E-state index contributed by atoms with van der Waals surface area (Å²) in [5, 5.41) is 3.25. The molecule has 0 bridgehead atoms. The molecule has 0 aromatic heterocycles. The number of rotatable bonds is 1. The monoisotopic (exact) mass is 149 g/mol. The Morgan fingerprint density at radius 1 is 1.67 bits per heavy atom. The number of nitrogens with one attached hydrogen (secondary N) is 1. The van der Waals surface area contributed by atoms with Gasteiger partial charge in [-0.3, -0.25) is 0 Å². The Kier molecular flexibility index (Phi) is 2.79. The normalized spacial score (nSPS) is 36.7. The lowest BCUT2D eigenvalue weighted by molar-refractivity contribution is 0.275. The third-order valence-corrected chi connectivity index (χ3v) is 2.79. The molecule has 9 heavy (non-hydrogen) atoms. The van der Waals surface area contributed by atoms with E-state index in [0.717, 1.165) is 13.0 Å². The molecule has 0 aromatic rings. The molecule has 1 nitrogen and oxygen atoms in total. The first kappa shape index (κ1) is 7.35. The molecule has 1 N–H and O–H groups in total. The van der Waals surface area contributed by atoms with E-state index >= 15 is 0 Å². The van der Waals surface area contributed by atoms with Crippen molar-refractivity contribution in [3.63, 3.8) is 0 Å². The van der Waals surface area contributed by atoms with Gasteiger partial charge in [0.1, 0.15) is 6.17 Å². The van der Waals surface area contributed by atoms with Crippen molar-refractivity contribution in [2.75, 3.05) is 19.3 Å². The quantitative estimate of drug-likeness (QED) is 0.598. The topological polar surface area (TPSA) is 12.0 Å². The van der Waals surface area contributed by atoms with E-state index in [0.29, 0.717) is 6.54 Å². The molecular formula is C6H12FNS. The Hall–Kier alpha value is 0.240. The van der Waals surface area contributed by atoms with Crippen LogP contribution in [0.5, 0.6) is 0 Å². The van der Waals surface area contributed by atoms with Gasteiger partial charge in [0.15, 0.2) is 0 Å². The molecule has 1 aliphatic heterocycles. The highest BCUT2D eigenvalue weighted by atomic mass is 32.2. The summed E-state index contributed by atoms with van der Waals surface area (Å²) in [6.45, 7) is 1.53. The van der Waals surface area contributed by atoms with Crippen LogP contribution in [0, 0.1) is 0 Å². The first-order chi connectivity index (χ1) is 4.34. The molecule has 3 heteroatoms. The summed E-state index contributed by atoms with van der Waals surface area (Å²) in [7, 11) is 0. The van der Waals surface area contributed by atoms with Gasteiger partial charge in [-0.05, 0) is 19.2 Å². The predicted octanol–water partition coefficient (Wildman–Crippen LogP) is 1.05. The summed E-state index contributed by atoms with van der Waals surface area (Å²) >= 11 is 1.64. The number of thioether (sulfide) groups is 1. The highest BCUT2D eigenvalue weighted by Crippen LogP contribution is 2.19. The summed E-state index contributed by atoms with van der Waals surface area (Å²) < 4.78 is 12.8. The van der Waals surface area contributed by atoms with Gasteiger partial charge in [0.2, 0.25) is 0 Å². The number of alkyl halides is 1. The third kappa shape index (κ3) is 1.83. The molecular weight excluding hydrogens is 137 g/mol. The minimum absolute atomic E-state index is 0.242. The molecule has 0 saturated carbocycles. The molecule has 2 atom stereocenters. The second-order valence-electron chi connectivity index (χ2n) is 2.28. The molecule has 0 amide bonds. The second kappa shape index (κ2) is 3.42. The fourth-order valence-electron chi connectivity index (χ4n) is 1.06. The zero-order chi connectivity index (χ0) is 6.69. The van der Waals surface area contributed by atoms with Gasteiger partial charge in [0, 0.05) is 11.8 Å². The van der Waals surface area contributed by atoms with Crippen LogP contribution in [0.15, 0.2) is 0 Å². The molecule has 1 aliphatic rings. The van der Waals surface area contributed by atoms with Crippen molar-refractivity contribution < 1.29 is 4.39 Å². The minimum atomic E-state index is -0.631. The Balaban J connectivity index is 2.30. The third-order valence-electron chi connectivity index (χ3n) is 1.65. The van der Waals surface area contributed by atoms with Gasteiger partial charge >= 0.3 is 0 Å². The van der Waals surface area contributed by atoms with Crippen LogP contribution in [0.2, 0.25) is 0 Å². The van der Waals surface area contributed by atoms with Crippen LogP contribution in [0.4, 0.5) is 4.39 Å². The van der Waals surface area contributed by atoms with Crippen molar-refractivity contribution in [3.8, 4) is 0 Å². The van der Waals surface area contributed by atoms with E-state index in [-0.39, 0.29) is 5.25 Å². The summed E-state index contributed by atoms with van der Waals surface area (Å²) in [4.78, 5) is 0. The second-order valence-corrected chi connectivity index (χ2v) is 3.36. The summed E-state index contributed by atoms with van der Waals surface area (Å²) in [6, 6.07) is 0. The van der Waals surface area contributed by atoms with Crippen LogP contribution in [0.25, 0.3) is 0 Å². The number of halogens is 1. The van der Waals surface area contributed by atoms with Crippen LogP contribution in [0.3, 0.4) is 0 Å². The predicted molar refractivity (Wildman–Crippen MR) is 39.7 cm³/mol. The van der Waals surface area contributed by atoms with E-state index in [4.69, 9.17) is 0 Å². The van der Waals surface area contributed by atoms with Crippen molar-refractivity contribution in [3.05, 3.63) is 0 Å². The Morgan fingerprint density at radius 2 is 2.44 bits per heavy atom. The molecule has 0 aliphatic carbocycles. The van der Waals surface area contributed by atoms with E-state index in [9.17, 15) is 4.39 Å². The Bertz CT molecular complexity index is 89.1. The van der Waals surface area contributed by atoms with E-state index in [1.807, 2.05) is 6.26 Å². The average Bonchev–Trinajstić information content (AvgIpc) is 1.89. The maximum absolute atomic E-state index is 12.8. The van der Waals surface area contributed by atoms with E-state index < -0.39 is 6.17 Å². The van der Waals surface area contributed by atoms with Gasteiger partial charge < -0.3 is 5.32 Å². The van der Waals surface area contributed by atoms with E-state index in [2.05, 4.69) is 5.32 Å². The number of hydrogen-bond acceptors (Lipinski definition) is 2. The zero-order valence-corrected chi connectivity index (χ0v) is 6.38. The van der Waals surface area contributed by atoms with Crippen LogP contribution >= 0.6 is 11.8 Å². The lowest BCUT2D eigenvalue weighted by Crippen LogP contribution is -2.39. The molecule has 1 rings (SSSR count). The van der Waals surface area contributed by atoms with Crippen molar-refractivity contribution in [2.45, 2.75) is 17.8 Å². The summed E-state index contributed by atoms with van der Waals surface area (Å²) in [6.07, 6.45) is 2.32. The molecule has 0 spiro atoms. The largest absolute Gasteiger partial charge is 0.314 e. The maximum atomic E-state index is 12.8. The van der Waals surface area contributed by atoms with Gasteiger partial charge in [0.05, 0.1) is 0 Å². The molecule has 1 fully saturated rings. The van der Waals surface area contributed by atoms with Crippen molar-refractivity contribution in [2.24, 2.45) is 0 Å². The molecule has 0 radical (unpaired) electrons. The van der Waals surface area contributed by atoms with Crippen LogP contribution in [0.1, 0.15) is 6.42 Å². The first-order valence-corrected chi connectivity index (χ1v) is 4.51. The van der Waals surface area contributed by atoms with Gasteiger partial charge in [-0.25, -0.2) is 4.39 Å². The molecule has 0 aromatic carbocycles. The standard InChI is InChI=1S/C6H12FNS/c1-9-6-2-3-8-4-5(6)7/h5-6,8H,2-4H2,1H3/t5?,6-/m0/s1. The summed E-state index contributed by atoms with van der Waals surface area (Å²) in [5.41, 5.74) is 0. The van der Waals surface area contributed by atoms with Crippen molar-refractivity contribution in [1.82, 2.24) is 5.32 Å². The van der Waals surface area contributed by atoms with Crippen LogP contribution in [-0.4, -0.2) is 30.8 Å². The van der Waals surface area contributed by atoms with E-state index in [1.165, 1.54) is 0 Å². The van der Waals surface area contributed by atoms with Crippen LogP contribution < -0.4 is 5.32 Å². The van der Waals surface area contributed by atoms with E-state index in [1.54, 1.807) is 11.8 Å². The van der Waals surface area contributed by atoms with Gasteiger partial charge in [-0.2, -0.15) is 11.8 Å². The number of hydrogen-bond donors (Lipinski definition) is 1. The smallest absolute Gasteiger partial charge is 0.124 e. The highest BCUT2D eigenvalue weighted by molar-refractivity contribution is 7.99. The first-order valence-electron chi connectivity index (χ1n) is 3.22. The van der Waals surface area contributed by atoms with Crippen molar-refractivity contribution >= 4 is 11.8 Å². The van der Waals surface area contributed by atoms with Gasteiger partial charge in [-0.15, -0.1) is 0 Å². The number of piperidine rings is 1. The zero-order valence-electron chi connectivity index (χ0n) is 5.56. The molecule has 54 valence electrons. The lowest BCUT2D eigenvalue weighted by Gasteiger charge is -2.24. The minimum Gasteiger partial charge on any atom is -0.314 e. The van der Waals surface area contributed by atoms with Crippen molar-refractivity contribution in [1.29, 1.82) is 0 Å². The average molecular weight is 149 g/mol. The molecule has 1 unspecified atom stereocenters. The summed E-state index contributed by atoms with van der Waals surface area (Å²) in [5.74, 6) is 0. The fraction of sp³-hybridized carbons (Fsp3) is 1.00. The van der Waals surface area contributed by atoms with Gasteiger partial charge in [-0.1, -0.05) is 0 Å². The van der Waals surface area contributed by atoms with Gasteiger partial charge in [0.25, 0.3) is 0 Å². The molecule has 1 saturated heterocycles. The Labute approximate surface area is 59.4 Å². The van der Waals surface area contributed by atoms with Crippen LogP contribution in [-0.2, 0) is 0 Å². The fourth-order valence-corrected chi connectivity index (χ4v) is 1.81. The highest BCUT2D eigenvalue weighted by Gasteiger charge is 2.22. The SMILES string of the molecule is CS[C@H]1CCNCC1F. The maximum Gasteiger partial charge on any atom is 0.124 e. The Morgan fingerprint density at radius 3 is 2.89 bits per heavy atom. The molecule has 1 heterocycles. The lowest BCUT2D eigenvalue weighted by atomic mass is 10.1.